The van der Waals surface area contributed by atoms with Crippen LogP contribution >= 0.6 is 0 Å². The number of benzene rings is 1. The molecule has 2 rings (SSSR count). The van der Waals surface area contributed by atoms with E-state index in [1.165, 1.54) is 12.2 Å². The molecule has 0 saturated heterocycles. The van der Waals surface area contributed by atoms with Crippen molar-refractivity contribution in [3.05, 3.63) is 52.6 Å². The van der Waals surface area contributed by atoms with Crippen LogP contribution in [0, 0.1) is 5.92 Å². The first-order valence-corrected chi connectivity index (χ1v) is 6.90. The highest BCUT2D eigenvalue weighted by molar-refractivity contribution is 5.77. The molecule has 6 nitrogen and oxygen atoms in total. The van der Waals surface area contributed by atoms with Crippen molar-refractivity contribution in [2.24, 2.45) is 5.92 Å². The van der Waals surface area contributed by atoms with Crippen LogP contribution in [0.15, 0.2) is 35.9 Å². The van der Waals surface area contributed by atoms with Gasteiger partial charge in [0.1, 0.15) is 0 Å². The van der Waals surface area contributed by atoms with Crippen molar-refractivity contribution < 1.29 is 30.6 Å². The summed E-state index contributed by atoms with van der Waals surface area (Å²) in [6.07, 6.45) is 2.93. The van der Waals surface area contributed by atoms with Gasteiger partial charge >= 0.3 is 0 Å². The first-order valence-electron chi connectivity index (χ1n) is 6.90. The molecule has 0 spiro atoms. The molecule has 6 N–H and O–H groups in total. The lowest BCUT2D eigenvalue weighted by molar-refractivity contribution is -0.169. The second-order valence-electron chi connectivity index (χ2n) is 5.32. The fourth-order valence-corrected chi connectivity index (χ4v) is 2.55. The summed E-state index contributed by atoms with van der Waals surface area (Å²) >= 11 is 0. The predicted molar refractivity (Wildman–Crippen MR) is 79.2 cm³/mol. The summed E-state index contributed by atoms with van der Waals surface area (Å²) in [7, 11) is 0. The Labute approximate surface area is 127 Å². The topological polar surface area (TPSA) is 121 Å². The zero-order chi connectivity index (χ0) is 16.3. The molecule has 1 aliphatic carbocycles. The van der Waals surface area contributed by atoms with Gasteiger partial charge < -0.3 is 30.6 Å². The Bertz CT molecular complexity index is 580. The molecule has 0 saturated carbocycles. The molecule has 1 atom stereocenters. The van der Waals surface area contributed by atoms with E-state index in [-0.39, 0.29) is 18.8 Å². The van der Waals surface area contributed by atoms with Crippen molar-refractivity contribution in [2.75, 3.05) is 13.2 Å². The highest BCUT2D eigenvalue weighted by Gasteiger charge is 2.39. The van der Waals surface area contributed by atoms with Crippen LogP contribution in [0.2, 0.25) is 0 Å². The van der Waals surface area contributed by atoms with Gasteiger partial charge in [-0.05, 0) is 40.5 Å². The molecule has 1 aromatic carbocycles. The van der Waals surface area contributed by atoms with Gasteiger partial charge in [0.15, 0.2) is 5.79 Å². The number of rotatable bonds is 5. The molecule has 0 aromatic heterocycles. The van der Waals surface area contributed by atoms with E-state index in [1.54, 1.807) is 18.2 Å². The zero-order valence-corrected chi connectivity index (χ0v) is 12.0. The van der Waals surface area contributed by atoms with Crippen molar-refractivity contribution in [1.29, 1.82) is 0 Å². The Morgan fingerprint density at radius 3 is 1.91 bits per heavy atom. The molecule has 120 valence electrons. The summed E-state index contributed by atoms with van der Waals surface area (Å²) in [6.45, 7) is -1.45. The quantitative estimate of drug-likeness (QED) is 0.399. The van der Waals surface area contributed by atoms with E-state index in [1.807, 2.05) is 0 Å². The molecule has 0 aliphatic heterocycles. The van der Waals surface area contributed by atoms with Crippen molar-refractivity contribution in [1.82, 2.24) is 0 Å². The summed E-state index contributed by atoms with van der Waals surface area (Å²) in [5.74, 6) is -3.29. The van der Waals surface area contributed by atoms with Crippen molar-refractivity contribution in [3.63, 3.8) is 0 Å². The molecule has 1 aliphatic rings. The van der Waals surface area contributed by atoms with Crippen molar-refractivity contribution >= 4 is 5.57 Å². The van der Waals surface area contributed by atoms with E-state index in [4.69, 9.17) is 0 Å². The number of hydrogen-bond acceptors (Lipinski definition) is 6. The Kier molecular flexibility index (Phi) is 5.12. The van der Waals surface area contributed by atoms with Gasteiger partial charge in [0.05, 0.1) is 32.3 Å². The first kappa shape index (κ1) is 16.8. The smallest absolute Gasteiger partial charge is 0.197 e. The molecular weight excluding hydrogens is 288 g/mol. The molecule has 0 bridgehead atoms. The fourth-order valence-electron chi connectivity index (χ4n) is 2.55. The average Bonchev–Trinajstić information content (AvgIpc) is 2.53. The van der Waals surface area contributed by atoms with E-state index in [9.17, 15) is 30.6 Å². The highest BCUT2D eigenvalue weighted by atomic mass is 16.5. The van der Waals surface area contributed by atoms with Crippen LogP contribution in [0.5, 0.6) is 0 Å². The number of aliphatic hydroxyl groups excluding tert-OH is 4. The van der Waals surface area contributed by atoms with E-state index in [0.29, 0.717) is 22.3 Å². The monoisotopic (exact) mass is 308 g/mol. The van der Waals surface area contributed by atoms with Crippen LogP contribution in [0.1, 0.15) is 16.7 Å². The average molecular weight is 308 g/mol. The second-order valence-corrected chi connectivity index (χ2v) is 5.32. The molecule has 0 radical (unpaired) electrons. The van der Waals surface area contributed by atoms with Crippen LogP contribution in [0.4, 0.5) is 0 Å². The molecule has 0 heterocycles. The third-order valence-corrected chi connectivity index (χ3v) is 3.82. The molecule has 22 heavy (non-hydrogen) atoms. The van der Waals surface area contributed by atoms with Crippen LogP contribution in [0.25, 0.3) is 5.57 Å². The van der Waals surface area contributed by atoms with Crippen LogP contribution in [-0.2, 0) is 13.2 Å². The van der Waals surface area contributed by atoms with E-state index in [2.05, 4.69) is 0 Å². The third kappa shape index (κ3) is 3.12. The summed E-state index contributed by atoms with van der Waals surface area (Å²) in [5, 5.41) is 57.3. The Hall–Kier alpha value is -1.54. The van der Waals surface area contributed by atoms with E-state index >= 15 is 0 Å². The zero-order valence-electron chi connectivity index (χ0n) is 12.0. The van der Waals surface area contributed by atoms with Gasteiger partial charge in [0.2, 0.25) is 0 Å². The SMILES string of the molecule is OCC1=CC(c2cc(CO)cc(CO)c2)=CC(CO)C1(O)O. The maximum atomic E-state index is 10.0. The van der Waals surface area contributed by atoms with Gasteiger partial charge in [-0.25, -0.2) is 0 Å². The molecule has 1 unspecified atom stereocenters. The predicted octanol–water partition coefficient (Wildman–Crippen LogP) is -0.724. The van der Waals surface area contributed by atoms with Gasteiger partial charge in [0.25, 0.3) is 0 Å². The van der Waals surface area contributed by atoms with Gasteiger partial charge in [-0.1, -0.05) is 12.1 Å². The van der Waals surface area contributed by atoms with Gasteiger partial charge in [-0.15, -0.1) is 0 Å². The number of aliphatic hydroxyl groups is 6. The lowest BCUT2D eigenvalue weighted by Gasteiger charge is -2.33. The summed E-state index contributed by atoms with van der Waals surface area (Å²) < 4.78 is 0. The third-order valence-electron chi connectivity index (χ3n) is 3.82. The minimum Gasteiger partial charge on any atom is -0.396 e. The normalized spacial score (nSPS) is 20.5. The van der Waals surface area contributed by atoms with E-state index < -0.39 is 24.9 Å². The lowest BCUT2D eigenvalue weighted by Crippen LogP contribution is -2.43. The largest absolute Gasteiger partial charge is 0.396 e. The Morgan fingerprint density at radius 2 is 1.45 bits per heavy atom. The van der Waals surface area contributed by atoms with E-state index in [0.717, 1.165) is 0 Å². The Morgan fingerprint density at radius 1 is 0.864 bits per heavy atom. The lowest BCUT2D eigenvalue weighted by atomic mass is 9.82. The summed E-state index contributed by atoms with van der Waals surface area (Å²) in [6, 6.07) is 5.06. The number of hydrogen-bond donors (Lipinski definition) is 6. The van der Waals surface area contributed by atoms with Crippen LogP contribution < -0.4 is 0 Å². The molecule has 0 fully saturated rings. The van der Waals surface area contributed by atoms with Gasteiger partial charge in [0, 0.05) is 5.57 Å². The van der Waals surface area contributed by atoms with Crippen LogP contribution in [-0.4, -0.2) is 49.6 Å². The standard InChI is InChI=1S/C16H20O6/c17-6-10-1-11(7-18)3-12(2-10)13-4-14(8-19)16(21,22)15(5-13)9-20/h1-5,14,17-22H,6-9H2. The first-order chi connectivity index (χ1) is 10.5. The molecular formula is C16H20O6. The van der Waals surface area contributed by atoms with Crippen LogP contribution in [0.3, 0.4) is 0 Å². The number of allylic oxidation sites excluding steroid dienone is 2. The maximum absolute atomic E-state index is 10.0. The minimum atomic E-state index is -2.30. The minimum absolute atomic E-state index is 0.0241. The summed E-state index contributed by atoms with van der Waals surface area (Å²) in [4.78, 5) is 0. The van der Waals surface area contributed by atoms with Gasteiger partial charge in [-0.2, -0.15) is 0 Å². The van der Waals surface area contributed by atoms with Crippen molar-refractivity contribution in [3.8, 4) is 0 Å². The maximum Gasteiger partial charge on any atom is 0.197 e. The summed E-state index contributed by atoms with van der Waals surface area (Å²) in [5.41, 5.74) is 2.41. The molecule has 6 heteroatoms. The highest BCUT2D eigenvalue weighted by Crippen LogP contribution is 2.35. The van der Waals surface area contributed by atoms with Crippen molar-refractivity contribution in [2.45, 2.75) is 19.0 Å². The Balaban J connectivity index is 2.52. The van der Waals surface area contributed by atoms with Gasteiger partial charge in [-0.3, -0.25) is 0 Å². The molecule has 0 amide bonds. The fraction of sp³-hybridized carbons (Fsp3) is 0.375. The second kappa shape index (κ2) is 6.70. The molecule has 1 aromatic rings.